The van der Waals surface area contributed by atoms with Gasteiger partial charge in [-0.15, -0.1) is 11.3 Å². The van der Waals surface area contributed by atoms with E-state index in [1.165, 1.54) is 23.5 Å². The maximum atomic E-state index is 13.2. The van der Waals surface area contributed by atoms with Crippen LogP contribution in [0.25, 0.3) is 20.9 Å². The maximum Gasteiger partial charge on any atom is 0.268 e. The van der Waals surface area contributed by atoms with E-state index in [0.29, 0.717) is 11.7 Å². The topological polar surface area (TPSA) is 64.9 Å². The van der Waals surface area contributed by atoms with E-state index in [1.54, 1.807) is 6.07 Å². The third-order valence-electron chi connectivity index (χ3n) is 3.81. The second-order valence-electron chi connectivity index (χ2n) is 5.23. The molecule has 1 fully saturated rings. The standard InChI is InChI=1S/C14H12FN3OS/c15-9-2-3-10-8(6-9)7-11(20-10)12-17-13(18-19-12)14(16)4-1-5-14/h2-3,6-7H,1,4-5,16H2. The molecule has 102 valence electrons. The van der Waals surface area contributed by atoms with Gasteiger partial charge in [0.1, 0.15) is 5.82 Å². The summed E-state index contributed by atoms with van der Waals surface area (Å²) in [4.78, 5) is 5.25. The molecule has 1 aromatic carbocycles. The van der Waals surface area contributed by atoms with Gasteiger partial charge in [-0.2, -0.15) is 4.98 Å². The number of benzene rings is 1. The number of fused-ring (bicyclic) bond motifs is 1. The number of nitrogens with two attached hydrogens (primary N) is 1. The fraction of sp³-hybridized carbons (Fsp3) is 0.286. The molecule has 1 aliphatic carbocycles. The van der Waals surface area contributed by atoms with E-state index in [4.69, 9.17) is 10.3 Å². The minimum Gasteiger partial charge on any atom is -0.333 e. The summed E-state index contributed by atoms with van der Waals surface area (Å²) < 4.78 is 19.5. The van der Waals surface area contributed by atoms with Gasteiger partial charge in [-0.1, -0.05) is 5.16 Å². The molecular weight excluding hydrogens is 277 g/mol. The van der Waals surface area contributed by atoms with Crippen molar-refractivity contribution in [1.82, 2.24) is 10.1 Å². The van der Waals surface area contributed by atoms with Crippen LogP contribution in [0.2, 0.25) is 0 Å². The first-order valence-electron chi connectivity index (χ1n) is 6.47. The summed E-state index contributed by atoms with van der Waals surface area (Å²) in [5, 5.41) is 4.84. The number of halogens is 1. The molecule has 0 saturated heterocycles. The van der Waals surface area contributed by atoms with E-state index in [0.717, 1.165) is 34.2 Å². The van der Waals surface area contributed by atoms with Crippen LogP contribution in [0.1, 0.15) is 25.1 Å². The lowest BCUT2D eigenvalue weighted by atomic mass is 9.77. The van der Waals surface area contributed by atoms with Crippen LogP contribution in [-0.4, -0.2) is 10.1 Å². The molecule has 2 aromatic heterocycles. The van der Waals surface area contributed by atoms with Crippen LogP contribution >= 0.6 is 11.3 Å². The van der Waals surface area contributed by atoms with Crippen molar-refractivity contribution in [3.63, 3.8) is 0 Å². The molecule has 4 nitrogen and oxygen atoms in total. The molecule has 0 aliphatic heterocycles. The molecule has 3 aromatic rings. The second-order valence-corrected chi connectivity index (χ2v) is 6.31. The summed E-state index contributed by atoms with van der Waals surface area (Å²) in [7, 11) is 0. The van der Waals surface area contributed by atoms with Crippen molar-refractivity contribution < 1.29 is 8.91 Å². The van der Waals surface area contributed by atoms with Gasteiger partial charge in [0.2, 0.25) is 0 Å². The van der Waals surface area contributed by atoms with Gasteiger partial charge < -0.3 is 10.3 Å². The van der Waals surface area contributed by atoms with Gasteiger partial charge in [-0.25, -0.2) is 4.39 Å². The van der Waals surface area contributed by atoms with Crippen molar-refractivity contribution in [3.05, 3.63) is 35.9 Å². The minimum absolute atomic E-state index is 0.247. The molecule has 1 saturated carbocycles. The normalized spacial score (nSPS) is 17.3. The summed E-state index contributed by atoms with van der Waals surface area (Å²) in [6.45, 7) is 0. The smallest absolute Gasteiger partial charge is 0.268 e. The van der Waals surface area contributed by atoms with Gasteiger partial charge in [-0.3, -0.25) is 0 Å². The van der Waals surface area contributed by atoms with Crippen molar-refractivity contribution >= 4 is 21.4 Å². The summed E-state index contributed by atoms with van der Waals surface area (Å²) in [5.74, 6) is 0.782. The molecule has 1 aliphatic rings. The fourth-order valence-corrected chi connectivity index (χ4v) is 3.39. The van der Waals surface area contributed by atoms with Crippen molar-refractivity contribution in [2.45, 2.75) is 24.8 Å². The van der Waals surface area contributed by atoms with E-state index < -0.39 is 5.54 Å². The number of hydrogen-bond donors (Lipinski definition) is 1. The van der Waals surface area contributed by atoms with Gasteiger partial charge in [0.25, 0.3) is 5.89 Å². The second kappa shape index (κ2) is 4.10. The van der Waals surface area contributed by atoms with Crippen LogP contribution in [0.5, 0.6) is 0 Å². The molecule has 0 amide bonds. The zero-order valence-corrected chi connectivity index (χ0v) is 11.4. The van der Waals surface area contributed by atoms with Crippen LogP contribution in [-0.2, 0) is 5.54 Å². The summed E-state index contributed by atoms with van der Waals surface area (Å²) in [5.41, 5.74) is 5.75. The highest BCUT2D eigenvalue weighted by Crippen LogP contribution is 2.39. The van der Waals surface area contributed by atoms with E-state index >= 15 is 0 Å². The van der Waals surface area contributed by atoms with E-state index in [9.17, 15) is 4.39 Å². The Kier molecular flexibility index (Phi) is 2.46. The van der Waals surface area contributed by atoms with Crippen LogP contribution in [0.15, 0.2) is 28.8 Å². The lowest BCUT2D eigenvalue weighted by Crippen LogP contribution is -2.44. The summed E-state index contributed by atoms with van der Waals surface area (Å²) in [6.07, 6.45) is 2.88. The SMILES string of the molecule is NC1(c2noc(-c3cc4cc(F)ccc4s3)n2)CCC1. The van der Waals surface area contributed by atoms with E-state index in [-0.39, 0.29) is 5.82 Å². The van der Waals surface area contributed by atoms with Crippen molar-refractivity contribution in [2.75, 3.05) is 0 Å². The molecule has 0 atom stereocenters. The number of thiophene rings is 1. The Labute approximate surface area is 118 Å². The quantitative estimate of drug-likeness (QED) is 0.785. The summed E-state index contributed by atoms with van der Waals surface area (Å²) in [6, 6.07) is 6.57. The van der Waals surface area contributed by atoms with Gasteiger partial charge >= 0.3 is 0 Å². The Morgan fingerprint density at radius 3 is 2.90 bits per heavy atom. The number of aromatic nitrogens is 2. The highest BCUT2D eigenvalue weighted by Gasteiger charge is 2.39. The molecular formula is C14H12FN3OS. The number of nitrogens with zero attached hydrogens (tertiary/aromatic N) is 2. The van der Waals surface area contributed by atoms with Crippen molar-refractivity contribution in [1.29, 1.82) is 0 Å². The Morgan fingerprint density at radius 2 is 2.15 bits per heavy atom. The third-order valence-corrected chi connectivity index (χ3v) is 4.91. The molecule has 4 rings (SSSR count). The molecule has 0 spiro atoms. The first-order valence-corrected chi connectivity index (χ1v) is 7.28. The van der Waals surface area contributed by atoms with Crippen LogP contribution in [0.4, 0.5) is 4.39 Å². The molecule has 2 N–H and O–H groups in total. The zero-order valence-electron chi connectivity index (χ0n) is 10.6. The predicted molar refractivity (Wildman–Crippen MR) is 74.8 cm³/mol. The highest BCUT2D eigenvalue weighted by molar-refractivity contribution is 7.22. The van der Waals surface area contributed by atoms with Gasteiger partial charge in [-0.05, 0) is 48.9 Å². The zero-order chi connectivity index (χ0) is 13.7. The molecule has 2 heterocycles. The largest absolute Gasteiger partial charge is 0.333 e. The first-order chi connectivity index (χ1) is 9.64. The van der Waals surface area contributed by atoms with Crippen molar-refractivity contribution in [2.24, 2.45) is 5.73 Å². The third kappa shape index (κ3) is 1.76. The minimum atomic E-state index is -0.426. The average Bonchev–Trinajstić information content (AvgIpc) is 3.01. The Hall–Kier alpha value is -1.79. The Balaban J connectivity index is 1.75. The van der Waals surface area contributed by atoms with Gasteiger partial charge in [0.15, 0.2) is 5.82 Å². The molecule has 0 bridgehead atoms. The van der Waals surface area contributed by atoms with E-state index in [1.807, 2.05) is 6.07 Å². The van der Waals surface area contributed by atoms with Crippen LogP contribution in [0, 0.1) is 5.82 Å². The van der Waals surface area contributed by atoms with E-state index in [2.05, 4.69) is 10.1 Å². The first kappa shape index (κ1) is 12.0. The molecule has 0 radical (unpaired) electrons. The van der Waals surface area contributed by atoms with Crippen molar-refractivity contribution in [3.8, 4) is 10.8 Å². The number of hydrogen-bond acceptors (Lipinski definition) is 5. The Bertz CT molecular complexity index is 791. The average molecular weight is 289 g/mol. The number of rotatable bonds is 2. The monoisotopic (exact) mass is 289 g/mol. The molecule has 0 unspecified atom stereocenters. The summed E-state index contributed by atoms with van der Waals surface area (Å²) >= 11 is 1.50. The predicted octanol–water partition coefficient (Wildman–Crippen LogP) is 3.43. The highest BCUT2D eigenvalue weighted by atomic mass is 32.1. The molecule has 6 heteroatoms. The maximum absolute atomic E-state index is 13.2. The lowest BCUT2D eigenvalue weighted by molar-refractivity contribution is 0.229. The Morgan fingerprint density at radius 1 is 1.30 bits per heavy atom. The lowest BCUT2D eigenvalue weighted by Gasteiger charge is -2.34. The van der Waals surface area contributed by atoms with Crippen LogP contribution < -0.4 is 5.73 Å². The molecule has 20 heavy (non-hydrogen) atoms. The fourth-order valence-electron chi connectivity index (χ4n) is 2.43. The van der Waals surface area contributed by atoms with Crippen LogP contribution in [0.3, 0.4) is 0 Å². The van der Waals surface area contributed by atoms with Gasteiger partial charge in [0.05, 0.1) is 10.4 Å². The van der Waals surface area contributed by atoms with Gasteiger partial charge in [0, 0.05) is 4.70 Å².